The van der Waals surface area contributed by atoms with E-state index in [0.717, 1.165) is 13.1 Å². The average molecular weight is 251 g/mol. The number of hydrogen-bond acceptors (Lipinski definition) is 2. The Morgan fingerprint density at radius 2 is 1.82 bits per heavy atom. The lowest BCUT2D eigenvalue weighted by molar-refractivity contribution is 0.320. The molecule has 0 heterocycles. The second-order valence-electron chi connectivity index (χ2n) is 5.18. The van der Waals surface area contributed by atoms with Crippen molar-refractivity contribution in [1.82, 2.24) is 5.32 Å². The van der Waals surface area contributed by atoms with Crippen LogP contribution in [0.2, 0.25) is 0 Å². The Balaban J connectivity index is 2.20. The van der Waals surface area contributed by atoms with Crippen molar-refractivity contribution < 1.29 is 0 Å². The van der Waals surface area contributed by atoms with Crippen molar-refractivity contribution in [2.45, 2.75) is 38.5 Å². The van der Waals surface area contributed by atoms with E-state index in [1.807, 2.05) is 11.8 Å². The zero-order chi connectivity index (χ0) is 12.6. The predicted molar refractivity (Wildman–Crippen MR) is 78.7 cm³/mol. The molecule has 17 heavy (non-hydrogen) atoms. The van der Waals surface area contributed by atoms with Gasteiger partial charge in [0.1, 0.15) is 0 Å². The second kappa shape index (κ2) is 7.78. The van der Waals surface area contributed by atoms with E-state index in [1.54, 1.807) is 0 Å². The normalized spacial score (nSPS) is 11.7. The minimum Gasteiger partial charge on any atom is -0.317 e. The summed E-state index contributed by atoms with van der Waals surface area (Å²) in [6.07, 6.45) is 2.54. The van der Waals surface area contributed by atoms with Crippen LogP contribution in [-0.2, 0) is 0 Å². The maximum absolute atomic E-state index is 3.41. The minimum absolute atomic E-state index is 0.448. The molecular weight excluding hydrogens is 226 g/mol. The highest BCUT2D eigenvalue weighted by molar-refractivity contribution is 7.99. The van der Waals surface area contributed by atoms with Crippen LogP contribution in [0, 0.1) is 5.41 Å². The third kappa shape index (κ3) is 6.75. The maximum atomic E-state index is 3.41. The molecule has 0 spiro atoms. The van der Waals surface area contributed by atoms with E-state index in [-0.39, 0.29) is 0 Å². The molecule has 1 aromatic carbocycles. The van der Waals surface area contributed by atoms with E-state index in [2.05, 4.69) is 56.4 Å². The lowest BCUT2D eigenvalue weighted by Gasteiger charge is -2.24. The van der Waals surface area contributed by atoms with Crippen LogP contribution in [0.15, 0.2) is 35.2 Å². The van der Waals surface area contributed by atoms with E-state index < -0.39 is 0 Å². The van der Waals surface area contributed by atoms with Crippen LogP contribution in [0.5, 0.6) is 0 Å². The molecular formula is C15H25NS. The third-order valence-electron chi connectivity index (χ3n) is 3.02. The molecule has 1 N–H and O–H groups in total. The van der Waals surface area contributed by atoms with Gasteiger partial charge in [0.05, 0.1) is 0 Å². The molecule has 0 aliphatic rings. The molecule has 0 amide bonds. The fraction of sp³-hybridized carbons (Fsp3) is 0.600. The smallest absolute Gasteiger partial charge is 0.00719 e. The topological polar surface area (TPSA) is 12.0 Å². The Labute approximate surface area is 110 Å². The molecule has 0 bridgehead atoms. The average Bonchev–Trinajstić information content (AvgIpc) is 2.30. The SMILES string of the molecule is CCNCCC(C)(C)CCSc1ccccc1. The van der Waals surface area contributed by atoms with Gasteiger partial charge in [0.2, 0.25) is 0 Å². The molecule has 2 heteroatoms. The fourth-order valence-corrected chi connectivity index (χ4v) is 2.93. The van der Waals surface area contributed by atoms with E-state index in [9.17, 15) is 0 Å². The van der Waals surface area contributed by atoms with Gasteiger partial charge in [0.15, 0.2) is 0 Å². The van der Waals surface area contributed by atoms with E-state index in [0.29, 0.717) is 5.41 Å². The molecule has 1 aromatic rings. The largest absolute Gasteiger partial charge is 0.317 e. The molecule has 0 atom stereocenters. The first-order valence-corrected chi connectivity index (χ1v) is 7.51. The summed E-state index contributed by atoms with van der Waals surface area (Å²) >= 11 is 1.97. The Kier molecular flexibility index (Phi) is 6.68. The summed E-state index contributed by atoms with van der Waals surface area (Å²) in [5.74, 6) is 1.21. The Morgan fingerprint density at radius 3 is 2.47 bits per heavy atom. The number of thioether (sulfide) groups is 1. The molecule has 0 saturated carbocycles. The van der Waals surface area contributed by atoms with Crippen LogP contribution in [0.4, 0.5) is 0 Å². The van der Waals surface area contributed by atoms with E-state index >= 15 is 0 Å². The van der Waals surface area contributed by atoms with Gasteiger partial charge in [-0.25, -0.2) is 0 Å². The van der Waals surface area contributed by atoms with Gasteiger partial charge in [0.25, 0.3) is 0 Å². The lowest BCUT2D eigenvalue weighted by atomic mass is 9.86. The third-order valence-corrected chi connectivity index (χ3v) is 4.03. The van der Waals surface area contributed by atoms with Gasteiger partial charge in [-0.15, -0.1) is 11.8 Å². The van der Waals surface area contributed by atoms with Crippen LogP contribution >= 0.6 is 11.8 Å². The lowest BCUT2D eigenvalue weighted by Crippen LogP contribution is -2.22. The first-order valence-electron chi connectivity index (χ1n) is 6.52. The quantitative estimate of drug-likeness (QED) is 0.549. The number of nitrogens with one attached hydrogen (secondary N) is 1. The number of hydrogen-bond donors (Lipinski definition) is 1. The van der Waals surface area contributed by atoms with Crippen molar-refractivity contribution in [1.29, 1.82) is 0 Å². The summed E-state index contributed by atoms with van der Waals surface area (Å²) in [6.45, 7) is 9.12. The van der Waals surface area contributed by atoms with Gasteiger partial charge in [-0.3, -0.25) is 0 Å². The minimum atomic E-state index is 0.448. The Hall–Kier alpha value is -0.470. The van der Waals surface area contributed by atoms with Crippen molar-refractivity contribution in [3.63, 3.8) is 0 Å². The van der Waals surface area contributed by atoms with Crippen molar-refractivity contribution in [3.8, 4) is 0 Å². The van der Waals surface area contributed by atoms with Crippen LogP contribution in [-0.4, -0.2) is 18.8 Å². The van der Waals surface area contributed by atoms with Crippen molar-refractivity contribution >= 4 is 11.8 Å². The van der Waals surface area contributed by atoms with Gasteiger partial charge >= 0.3 is 0 Å². The summed E-state index contributed by atoms with van der Waals surface area (Å²) in [4.78, 5) is 1.38. The number of rotatable bonds is 8. The summed E-state index contributed by atoms with van der Waals surface area (Å²) in [5, 5.41) is 3.41. The first-order chi connectivity index (χ1) is 8.14. The second-order valence-corrected chi connectivity index (χ2v) is 6.35. The highest BCUT2D eigenvalue weighted by Gasteiger charge is 2.16. The van der Waals surface area contributed by atoms with E-state index in [1.165, 1.54) is 23.5 Å². The van der Waals surface area contributed by atoms with Gasteiger partial charge in [-0.1, -0.05) is 39.0 Å². The fourth-order valence-electron chi connectivity index (χ4n) is 1.69. The van der Waals surface area contributed by atoms with Gasteiger partial charge < -0.3 is 5.32 Å². The molecule has 0 saturated heterocycles. The van der Waals surface area contributed by atoms with Crippen LogP contribution in [0.25, 0.3) is 0 Å². The standard InChI is InChI=1S/C15H25NS/c1-4-16-12-10-15(2,3)11-13-17-14-8-6-5-7-9-14/h5-9,16H,4,10-13H2,1-3H3. The van der Waals surface area contributed by atoms with Crippen LogP contribution in [0.1, 0.15) is 33.6 Å². The highest BCUT2D eigenvalue weighted by atomic mass is 32.2. The maximum Gasteiger partial charge on any atom is 0.00719 e. The molecule has 1 rings (SSSR count). The predicted octanol–water partition coefficient (Wildman–Crippen LogP) is 4.19. The van der Waals surface area contributed by atoms with Crippen molar-refractivity contribution in [2.24, 2.45) is 5.41 Å². The number of benzene rings is 1. The van der Waals surface area contributed by atoms with Gasteiger partial charge in [-0.2, -0.15) is 0 Å². The van der Waals surface area contributed by atoms with Crippen molar-refractivity contribution in [3.05, 3.63) is 30.3 Å². The first kappa shape index (κ1) is 14.6. The Bertz CT molecular complexity index is 295. The van der Waals surface area contributed by atoms with Gasteiger partial charge in [0, 0.05) is 4.90 Å². The molecule has 0 radical (unpaired) electrons. The summed E-state index contributed by atoms with van der Waals surface area (Å²) in [5.41, 5.74) is 0.448. The molecule has 0 aliphatic carbocycles. The summed E-state index contributed by atoms with van der Waals surface area (Å²) in [6, 6.07) is 10.7. The van der Waals surface area contributed by atoms with Crippen molar-refractivity contribution in [2.75, 3.05) is 18.8 Å². The zero-order valence-corrected chi connectivity index (χ0v) is 12.1. The monoisotopic (exact) mass is 251 g/mol. The van der Waals surface area contributed by atoms with E-state index in [4.69, 9.17) is 0 Å². The zero-order valence-electron chi connectivity index (χ0n) is 11.3. The molecule has 0 fully saturated rings. The molecule has 0 aliphatic heterocycles. The van der Waals surface area contributed by atoms with Gasteiger partial charge in [-0.05, 0) is 49.2 Å². The molecule has 96 valence electrons. The molecule has 0 aromatic heterocycles. The highest BCUT2D eigenvalue weighted by Crippen LogP contribution is 2.28. The Morgan fingerprint density at radius 1 is 1.12 bits per heavy atom. The molecule has 0 unspecified atom stereocenters. The summed E-state index contributed by atoms with van der Waals surface area (Å²) < 4.78 is 0. The summed E-state index contributed by atoms with van der Waals surface area (Å²) in [7, 11) is 0. The van der Waals surface area contributed by atoms with Crippen LogP contribution in [0.3, 0.4) is 0 Å². The van der Waals surface area contributed by atoms with Crippen LogP contribution < -0.4 is 5.32 Å². The molecule has 1 nitrogen and oxygen atoms in total.